The van der Waals surface area contributed by atoms with Crippen LogP contribution in [0, 0.1) is 19.7 Å². The third-order valence-electron chi connectivity index (χ3n) is 3.21. The Morgan fingerprint density at radius 2 is 1.79 bits per heavy atom. The standard InChI is InChI=1S/C16H17FO2/c1-11-4-3-5-12(2)15(11)10-19-16-7-6-14(17)8-13(16)9-18/h3-8,18H,9-10H2,1-2H3. The maximum absolute atomic E-state index is 13.1. The van der Waals surface area contributed by atoms with Crippen LogP contribution in [0.2, 0.25) is 0 Å². The Hall–Kier alpha value is -1.87. The smallest absolute Gasteiger partial charge is 0.125 e. The number of hydrogen-bond donors (Lipinski definition) is 1. The fraction of sp³-hybridized carbons (Fsp3) is 0.250. The lowest BCUT2D eigenvalue weighted by molar-refractivity contribution is 0.257. The van der Waals surface area contributed by atoms with Gasteiger partial charge in [0.1, 0.15) is 18.2 Å². The summed E-state index contributed by atoms with van der Waals surface area (Å²) in [4.78, 5) is 0. The van der Waals surface area contributed by atoms with Gasteiger partial charge in [-0.15, -0.1) is 0 Å². The number of rotatable bonds is 4. The Balaban J connectivity index is 2.19. The second-order valence-electron chi connectivity index (χ2n) is 4.57. The fourth-order valence-electron chi connectivity index (χ4n) is 2.04. The summed E-state index contributed by atoms with van der Waals surface area (Å²) < 4.78 is 18.8. The minimum absolute atomic E-state index is 0.236. The second kappa shape index (κ2) is 5.85. The van der Waals surface area contributed by atoms with Crippen LogP contribution < -0.4 is 4.74 Å². The quantitative estimate of drug-likeness (QED) is 0.911. The van der Waals surface area contributed by atoms with E-state index in [4.69, 9.17) is 4.74 Å². The minimum Gasteiger partial charge on any atom is -0.489 e. The topological polar surface area (TPSA) is 29.5 Å². The SMILES string of the molecule is Cc1cccc(C)c1COc1ccc(F)cc1CO. The van der Waals surface area contributed by atoms with Crippen molar-refractivity contribution in [3.05, 3.63) is 64.5 Å². The number of ether oxygens (including phenoxy) is 1. The summed E-state index contributed by atoms with van der Waals surface area (Å²) in [6.07, 6.45) is 0. The molecule has 2 nitrogen and oxygen atoms in total. The van der Waals surface area contributed by atoms with E-state index in [-0.39, 0.29) is 12.4 Å². The summed E-state index contributed by atoms with van der Waals surface area (Å²) in [6, 6.07) is 10.2. The van der Waals surface area contributed by atoms with Gasteiger partial charge in [-0.25, -0.2) is 4.39 Å². The van der Waals surface area contributed by atoms with E-state index >= 15 is 0 Å². The molecule has 0 radical (unpaired) electrons. The highest BCUT2D eigenvalue weighted by Crippen LogP contribution is 2.22. The molecule has 0 aromatic heterocycles. The van der Waals surface area contributed by atoms with Gasteiger partial charge in [0.2, 0.25) is 0 Å². The van der Waals surface area contributed by atoms with Gasteiger partial charge in [0.15, 0.2) is 0 Å². The van der Waals surface area contributed by atoms with E-state index in [9.17, 15) is 9.50 Å². The normalized spacial score (nSPS) is 10.5. The number of aliphatic hydroxyl groups is 1. The van der Waals surface area contributed by atoms with Crippen LogP contribution in [-0.2, 0) is 13.2 Å². The minimum atomic E-state index is -0.372. The van der Waals surface area contributed by atoms with Crippen molar-refractivity contribution in [2.24, 2.45) is 0 Å². The van der Waals surface area contributed by atoms with Crippen LogP contribution in [0.15, 0.2) is 36.4 Å². The Morgan fingerprint density at radius 3 is 2.42 bits per heavy atom. The molecule has 0 aliphatic heterocycles. The Kier molecular flexibility index (Phi) is 4.17. The molecule has 0 spiro atoms. The summed E-state index contributed by atoms with van der Waals surface area (Å²) in [7, 11) is 0. The molecule has 1 N–H and O–H groups in total. The van der Waals surface area contributed by atoms with Gasteiger partial charge in [-0.1, -0.05) is 18.2 Å². The molecule has 2 aromatic carbocycles. The molecule has 0 unspecified atom stereocenters. The zero-order chi connectivity index (χ0) is 13.8. The summed E-state index contributed by atoms with van der Waals surface area (Å²) in [5, 5.41) is 9.20. The second-order valence-corrected chi connectivity index (χ2v) is 4.57. The molecule has 0 amide bonds. The molecule has 0 bridgehead atoms. The predicted molar refractivity (Wildman–Crippen MR) is 72.6 cm³/mol. The lowest BCUT2D eigenvalue weighted by Gasteiger charge is -2.13. The van der Waals surface area contributed by atoms with Gasteiger partial charge in [-0.3, -0.25) is 0 Å². The number of halogens is 1. The monoisotopic (exact) mass is 260 g/mol. The zero-order valence-corrected chi connectivity index (χ0v) is 11.1. The first-order valence-corrected chi connectivity index (χ1v) is 6.19. The Labute approximate surface area is 112 Å². The molecule has 19 heavy (non-hydrogen) atoms. The van der Waals surface area contributed by atoms with E-state index in [0.717, 1.165) is 16.7 Å². The molecule has 0 aliphatic rings. The van der Waals surface area contributed by atoms with Gasteiger partial charge < -0.3 is 9.84 Å². The van der Waals surface area contributed by atoms with Gasteiger partial charge in [0.05, 0.1) is 6.61 Å². The maximum atomic E-state index is 13.1. The van der Waals surface area contributed by atoms with E-state index < -0.39 is 0 Å². The van der Waals surface area contributed by atoms with Crippen LogP contribution in [0.3, 0.4) is 0 Å². The number of benzene rings is 2. The van der Waals surface area contributed by atoms with Gasteiger partial charge >= 0.3 is 0 Å². The molecular weight excluding hydrogens is 243 g/mol. The molecule has 3 heteroatoms. The molecule has 2 rings (SSSR count). The highest BCUT2D eigenvalue weighted by molar-refractivity contribution is 5.36. The molecule has 0 heterocycles. The first kappa shape index (κ1) is 13.6. The average molecular weight is 260 g/mol. The molecule has 0 saturated heterocycles. The first-order valence-electron chi connectivity index (χ1n) is 6.19. The molecule has 0 saturated carbocycles. The Bertz CT molecular complexity index is 559. The van der Waals surface area contributed by atoms with Crippen LogP contribution in [0.5, 0.6) is 5.75 Å². The van der Waals surface area contributed by atoms with Crippen molar-refractivity contribution in [1.29, 1.82) is 0 Å². The van der Waals surface area contributed by atoms with Gasteiger partial charge in [0.25, 0.3) is 0 Å². The van der Waals surface area contributed by atoms with Gasteiger partial charge in [0, 0.05) is 5.56 Å². The largest absolute Gasteiger partial charge is 0.489 e. The van der Waals surface area contributed by atoms with E-state index in [1.807, 2.05) is 32.0 Å². The van der Waals surface area contributed by atoms with Crippen molar-refractivity contribution < 1.29 is 14.2 Å². The van der Waals surface area contributed by atoms with E-state index in [2.05, 4.69) is 0 Å². The third kappa shape index (κ3) is 3.12. The van der Waals surface area contributed by atoms with Crippen molar-refractivity contribution in [2.45, 2.75) is 27.1 Å². The van der Waals surface area contributed by atoms with Crippen molar-refractivity contribution in [3.8, 4) is 5.75 Å². The van der Waals surface area contributed by atoms with Crippen molar-refractivity contribution >= 4 is 0 Å². The van der Waals surface area contributed by atoms with Crippen LogP contribution in [0.25, 0.3) is 0 Å². The number of hydrogen-bond acceptors (Lipinski definition) is 2. The summed E-state index contributed by atoms with van der Waals surface area (Å²) in [5.74, 6) is 0.148. The highest BCUT2D eigenvalue weighted by Gasteiger charge is 2.07. The Morgan fingerprint density at radius 1 is 1.11 bits per heavy atom. The van der Waals surface area contributed by atoms with E-state index in [1.165, 1.54) is 12.1 Å². The molecular formula is C16H17FO2. The highest BCUT2D eigenvalue weighted by atomic mass is 19.1. The lowest BCUT2D eigenvalue weighted by atomic mass is 10.0. The fourth-order valence-corrected chi connectivity index (χ4v) is 2.04. The van der Waals surface area contributed by atoms with Crippen LogP contribution in [0.4, 0.5) is 4.39 Å². The van der Waals surface area contributed by atoms with Crippen LogP contribution in [0.1, 0.15) is 22.3 Å². The molecule has 0 fully saturated rings. The molecule has 100 valence electrons. The van der Waals surface area contributed by atoms with Crippen molar-refractivity contribution in [2.75, 3.05) is 0 Å². The van der Waals surface area contributed by atoms with Gasteiger partial charge in [-0.05, 0) is 48.7 Å². The van der Waals surface area contributed by atoms with E-state index in [0.29, 0.717) is 17.9 Å². The number of aryl methyl sites for hydroxylation is 2. The van der Waals surface area contributed by atoms with Crippen molar-refractivity contribution in [1.82, 2.24) is 0 Å². The molecule has 2 aromatic rings. The summed E-state index contributed by atoms with van der Waals surface area (Å²) in [6.45, 7) is 4.24. The van der Waals surface area contributed by atoms with Gasteiger partial charge in [-0.2, -0.15) is 0 Å². The zero-order valence-electron chi connectivity index (χ0n) is 11.1. The van der Waals surface area contributed by atoms with Crippen LogP contribution in [-0.4, -0.2) is 5.11 Å². The third-order valence-corrected chi connectivity index (χ3v) is 3.21. The average Bonchev–Trinajstić information content (AvgIpc) is 2.39. The summed E-state index contributed by atoms with van der Waals surface area (Å²) in [5.41, 5.74) is 3.90. The predicted octanol–water partition coefficient (Wildman–Crippen LogP) is 3.51. The maximum Gasteiger partial charge on any atom is 0.125 e. The van der Waals surface area contributed by atoms with Crippen LogP contribution >= 0.6 is 0 Å². The van der Waals surface area contributed by atoms with Crippen molar-refractivity contribution in [3.63, 3.8) is 0 Å². The summed E-state index contributed by atoms with van der Waals surface area (Å²) >= 11 is 0. The number of aliphatic hydroxyl groups excluding tert-OH is 1. The molecule has 0 atom stereocenters. The molecule has 0 aliphatic carbocycles. The lowest BCUT2D eigenvalue weighted by Crippen LogP contribution is -2.02. The van der Waals surface area contributed by atoms with E-state index in [1.54, 1.807) is 6.07 Å². The first-order chi connectivity index (χ1) is 9.11.